The van der Waals surface area contributed by atoms with Gasteiger partial charge in [-0.15, -0.1) is 0 Å². The van der Waals surface area contributed by atoms with Gasteiger partial charge in [0.2, 0.25) is 5.91 Å². The van der Waals surface area contributed by atoms with Crippen molar-refractivity contribution in [1.82, 2.24) is 4.90 Å². The van der Waals surface area contributed by atoms with Gasteiger partial charge in [0.25, 0.3) is 5.69 Å². The van der Waals surface area contributed by atoms with Crippen LogP contribution in [-0.2, 0) is 11.2 Å². The van der Waals surface area contributed by atoms with Crippen molar-refractivity contribution in [2.75, 3.05) is 31.1 Å². The second kappa shape index (κ2) is 7.53. The van der Waals surface area contributed by atoms with E-state index in [-0.39, 0.29) is 18.0 Å². The van der Waals surface area contributed by atoms with Crippen LogP contribution in [0.2, 0.25) is 5.02 Å². The van der Waals surface area contributed by atoms with Crippen molar-refractivity contribution in [3.8, 4) is 0 Å². The molecule has 130 valence electrons. The fourth-order valence-corrected chi connectivity index (χ4v) is 3.18. The standard InChI is InChI=1S/C18H18ClN3O3/c19-15-5-3-6-16(13-15)20-8-10-21(11-9-20)18(23)12-14-4-1-2-7-17(14)22(24)25/h1-7,13H,8-12H2. The third-order valence-electron chi connectivity index (χ3n) is 4.34. The SMILES string of the molecule is O=C(Cc1ccccc1[N+](=O)[O-])N1CCN(c2cccc(Cl)c2)CC1. The average molecular weight is 360 g/mol. The van der Waals surface area contributed by atoms with Gasteiger partial charge in [-0.3, -0.25) is 14.9 Å². The van der Waals surface area contributed by atoms with Gasteiger partial charge in [-0.2, -0.15) is 0 Å². The zero-order valence-corrected chi connectivity index (χ0v) is 14.4. The van der Waals surface area contributed by atoms with Crippen LogP contribution in [0.3, 0.4) is 0 Å². The highest BCUT2D eigenvalue weighted by atomic mass is 35.5. The molecule has 1 saturated heterocycles. The van der Waals surface area contributed by atoms with E-state index in [0.717, 1.165) is 5.69 Å². The van der Waals surface area contributed by atoms with E-state index < -0.39 is 4.92 Å². The molecule has 0 atom stereocenters. The lowest BCUT2D eigenvalue weighted by Crippen LogP contribution is -2.49. The molecular formula is C18H18ClN3O3. The molecule has 1 amide bonds. The lowest BCUT2D eigenvalue weighted by atomic mass is 10.1. The zero-order valence-electron chi connectivity index (χ0n) is 13.6. The van der Waals surface area contributed by atoms with Gasteiger partial charge in [0, 0.05) is 48.5 Å². The Hall–Kier alpha value is -2.60. The molecule has 3 rings (SSSR count). The number of hydrogen-bond donors (Lipinski definition) is 0. The van der Waals surface area contributed by atoms with Gasteiger partial charge in [-0.1, -0.05) is 35.9 Å². The van der Waals surface area contributed by atoms with E-state index >= 15 is 0 Å². The lowest BCUT2D eigenvalue weighted by Gasteiger charge is -2.36. The summed E-state index contributed by atoms with van der Waals surface area (Å²) in [5, 5.41) is 11.8. The van der Waals surface area contributed by atoms with Crippen LogP contribution in [0, 0.1) is 10.1 Å². The summed E-state index contributed by atoms with van der Waals surface area (Å²) in [6.07, 6.45) is 0.0499. The van der Waals surface area contributed by atoms with E-state index in [1.165, 1.54) is 6.07 Å². The first-order valence-electron chi connectivity index (χ1n) is 8.05. The summed E-state index contributed by atoms with van der Waals surface area (Å²) >= 11 is 6.03. The molecule has 2 aromatic rings. The molecule has 1 aliphatic heterocycles. The number of para-hydroxylation sites is 1. The number of nitrogens with zero attached hydrogens (tertiary/aromatic N) is 3. The maximum atomic E-state index is 12.5. The summed E-state index contributed by atoms with van der Waals surface area (Å²) in [5.74, 6) is -0.0833. The highest BCUT2D eigenvalue weighted by molar-refractivity contribution is 6.30. The number of nitro benzene ring substituents is 1. The number of amides is 1. The number of carbonyl (C=O) groups excluding carboxylic acids is 1. The maximum Gasteiger partial charge on any atom is 0.273 e. The highest BCUT2D eigenvalue weighted by Crippen LogP contribution is 2.22. The first kappa shape index (κ1) is 17.2. The molecule has 2 aromatic carbocycles. The molecule has 6 nitrogen and oxygen atoms in total. The van der Waals surface area contributed by atoms with Crippen molar-refractivity contribution in [1.29, 1.82) is 0 Å². The molecular weight excluding hydrogens is 342 g/mol. The number of carbonyl (C=O) groups is 1. The van der Waals surface area contributed by atoms with Crippen LogP contribution in [-0.4, -0.2) is 41.9 Å². The number of rotatable bonds is 4. The number of halogens is 1. The zero-order chi connectivity index (χ0) is 17.8. The van der Waals surface area contributed by atoms with Gasteiger partial charge in [-0.05, 0) is 18.2 Å². The van der Waals surface area contributed by atoms with Crippen molar-refractivity contribution in [3.05, 3.63) is 69.2 Å². The Morgan fingerprint density at radius 1 is 1.08 bits per heavy atom. The monoisotopic (exact) mass is 359 g/mol. The summed E-state index contributed by atoms with van der Waals surface area (Å²) in [4.78, 5) is 27.1. The smallest absolute Gasteiger partial charge is 0.273 e. The number of anilines is 1. The molecule has 0 bridgehead atoms. The molecule has 0 aromatic heterocycles. The van der Waals surface area contributed by atoms with Crippen molar-refractivity contribution >= 4 is 28.9 Å². The molecule has 0 spiro atoms. The van der Waals surface area contributed by atoms with E-state index in [1.54, 1.807) is 23.1 Å². The largest absolute Gasteiger partial charge is 0.368 e. The van der Waals surface area contributed by atoms with Gasteiger partial charge < -0.3 is 9.80 Å². The molecule has 1 fully saturated rings. The number of piperazine rings is 1. The van der Waals surface area contributed by atoms with E-state index in [1.807, 2.05) is 24.3 Å². The third-order valence-corrected chi connectivity index (χ3v) is 4.57. The number of nitro groups is 1. The van der Waals surface area contributed by atoms with E-state index in [9.17, 15) is 14.9 Å². The molecule has 25 heavy (non-hydrogen) atoms. The Morgan fingerprint density at radius 3 is 2.48 bits per heavy atom. The molecule has 0 saturated carbocycles. The van der Waals surface area contributed by atoms with Gasteiger partial charge in [0.15, 0.2) is 0 Å². The topological polar surface area (TPSA) is 66.7 Å². The lowest BCUT2D eigenvalue weighted by molar-refractivity contribution is -0.385. The minimum Gasteiger partial charge on any atom is -0.368 e. The van der Waals surface area contributed by atoms with Gasteiger partial charge in [-0.25, -0.2) is 0 Å². The van der Waals surface area contributed by atoms with Crippen LogP contribution >= 0.6 is 11.6 Å². The summed E-state index contributed by atoms with van der Waals surface area (Å²) < 4.78 is 0. The predicted molar refractivity (Wildman–Crippen MR) is 97.0 cm³/mol. The normalized spacial score (nSPS) is 14.4. The third kappa shape index (κ3) is 4.09. The molecule has 1 heterocycles. The van der Waals surface area contributed by atoms with Crippen LogP contribution in [0.5, 0.6) is 0 Å². The summed E-state index contributed by atoms with van der Waals surface area (Å²) in [7, 11) is 0. The fraction of sp³-hybridized carbons (Fsp3) is 0.278. The minimum atomic E-state index is -0.445. The Balaban J connectivity index is 1.61. The Morgan fingerprint density at radius 2 is 1.80 bits per heavy atom. The molecule has 1 aliphatic rings. The molecule has 0 unspecified atom stereocenters. The van der Waals surface area contributed by atoms with Crippen molar-refractivity contribution < 1.29 is 9.72 Å². The van der Waals surface area contributed by atoms with Crippen molar-refractivity contribution in [2.24, 2.45) is 0 Å². The molecule has 0 aliphatic carbocycles. The minimum absolute atomic E-state index is 0.00610. The van der Waals surface area contributed by atoms with Gasteiger partial charge >= 0.3 is 0 Å². The van der Waals surface area contributed by atoms with Gasteiger partial charge in [0.1, 0.15) is 0 Å². The number of hydrogen-bond acceptors (Lipinski definition) is 4. The van der Waals surface area contributed by atoms with E-state index in [0.29, 0.717) is 36.8 Å². The van der Waals surface area contributed by atoms with Crippen LogP contribution in [0.15, 0.2) is 48.5 Å². The summed E-state index contributed by atoms with van der Waals surface area (Å²) in [6, 6.07) is 14.0. The first-order valence-corrected chi connectivity index (χ1v) is 8.43. The van der Waals surface area contributed by atoms with Crippen LogP contribution in [0.25, 0.3) is 0 Å². The maximum absolute atomic E-state index is 12.5. The quantitative estimate of drug-likeness (QED) is 0.621. The van der Waals surface area contributed by atoms with Crippen molar-refractivity contribution in [2.45, 2.75) is 6.42 Å². The highest BCUT2D eigenvalue weighted by Gasteiger charge is 2.23. The molecule has 0 N–H and O–H groups in total. The number of benzene rings is 2. The van der Waals surface area contributed by atoms with Crippen molar-refractivity contribution in [3.63, 3.8) is 0 Å². The average Bonchev–Trinajstić information content (AvgIpc) is 2.62. The van der Waals surface area contributed by atoms with E-state index in [4.69, 9.17) is 11.6 Å². The molecule has 7 heteroatoms. The van der Waals surface area contributed by atoms with Crippen LogP contribution in [0.4, 0.5) is 11.4 Å². The fourth-order valence-electron chi connectivity index (χ4n) is 3.00. The summed E-state index contributed by atoms with van der Waals surface area (Å²) in [6.45, 7) is 2.60. The second-order valence-electron chi connectivity index (χ2n) is 5.91. The predicted octanol–water partition coefficient (Wildman–Crippen LogP) is 3.14. The summed E-state index contributed by atoms with van der Waals surface area (Å²) in [5.41, 5.74) is 1.49. The van der Waals surface area contributed by atoms with Crippen LogP contribution < -0.4 is 4.90 Å². The Labute approximate surface area is 150 Å². The van der Waals surface area contributed by atoms with E-state index in [2.05, 4.69) is 4.90 Å². The molecule has 0 radical (unpaired) electrons. The second-order valence-corrected chi connectivity index (χ2v) is 6.35. The van der Waals surface area contributed by atoms with Gasteiger partial charge in [0.05, 0.1) is 11.3 Å². The Bertz CT molecular complexity index is 789. The van der Waals surface area contributed by atoms with Crippen LogP contribution in [0.1, 0.15) is 5.56 Å². The Kier molecular flexibility index (Phi) is 5.19. The first-order chi connectivity index (χ1) is 12.0.